The van der Waals surface area contributed by atoms with Crippen LogP contribution < -0.4 is 10.2 Å². The van der Waals surface area contributed by atoms with Crippen molar-refractivity contribution in [3.8, 4) is 0 Å². The lowest BCUT2D eigenvalue weighted by molar-refractivity contribution is -0.112. The molecule has 0 fully saturated rings. The highest BCUT2D eigenvalue weighted by Crippen LogP contribution is 2.32. The van der Waals surface area contributed by atoms with E-state index >= 15 is 0 Å². The Labute approximate surface area is 121 Å². The molecule has 0 aliphatic carbocycles. The molecule has 1 amide bonds. The van der Waals surface area contributed by atoms with E-state index in [4.69, 9.17) is 0 Å². The molecule has 6 heteroatoms. The third kappa shape index (κ3) is 2.52. The molecule has 0 spiro atoms. The average molecular weight is 296 g/mol. The lowest BCUT2D eigenvalue weighted by atomic mass is 10.1. The van der Waals surface area contributed by atoms with Gasteiger partial charge in [-0.3, -0.25) is 9.59 Å². The van der Waals surface area contributed by atoms with Crippen molar-refractivity contribution in [2.24, 2.45) is 0 Å². The zero-order valence-corrected chi connectivity index (χ0v) is 12.5. The Morgan fingerprint density at radius 3 is 2.70 bits per heavy atom. The quantitative estimate of drug-likeness (QED) is 0.848. The van der Waals surface area contributed by atoms with Gasteiger partial charge in [0.2, 0.25) is 0 Å². The third-order valence-corrected chi connectivity index (χ3v) is 4.26. The maximum Gasteiger partial charge on any atom is 0.296 e. The van der Waals surface area contributed by atoms with Crippen molar-refractivity contribution in [1.29, 1.82) is 0 Å². The van der Waals surface area contributed by atoms with Gasteiger partial charge in [-0.1, -0.05) is 6.92 Å². The molecule has 0 radical (unpaired) electrons. The number of carbonyl (C=O) groups excluding carboxylic acids is 2. The van der Waals surface area contributed by atoms with Crippen LogP contribution in [0.15, 0.2) is 12.1 Å². The molecule has 1 aromatic carbocycles. The van der Waals surface area contributed by atoms with Crippen molar-refractivity contribution < 1.29 is 14.0 Å². The summed E-state index contributed by atoms with van der Waals surface area (Å²) in [6.45, 7) is 2.05. The Morgan fingerprint density at radius 1 is 1.40 bits per heavy atom. The average Bonchev–Trinajstić information content (AvgIpc) is 2.70. The van der Waals surface area contributed by atoms with Gasteiger partial charge in [0, 0.05) is 18.8 Å². The van der Waals surface area contributed by atoms with Gasteiger partial charge in [0.05, 0.1) is 16.9 Å². The number of thioether (sulfide) groups is 1. The molecule has 2 rings (SSSR count). The number of hydrogen-bond donors (Lipinski definition) is 1. The molecule has 1 aliphatic rings. The first-order valence-electron chi connectivity index (χ1n) is 6.40. The van der Waals surface area contributed by atoms with Crippen molar-refractivity contribution in [3.05, 3.63) is 23.5 Å². The summed E-state index contributed by atoms with van der Waals surface area (Å²) in [4.78, 5) is 24.7. The van der Waals surface area contributed by atoms with Crippen molar-refractivity contribution >= 4 is 34.8 Å². The first kappa shape index (κ1) is 14.8. The minimum Gasteiger partial charge on any atom is -0.368 e. The number of halogens is 1. The lowest BCUT2D eigenvalue weighted by Crippen LogP contribution is -2.33. The van der Waals surface area contributed by atoms with E-state index in [2.05, 4.69) is 5.32 Å². The number of hydrogen-bond acceptors (Lipinski definition) is 4. The van der Waals surface area contributed by atoms with Crippen LogP contribution >= 0.6 is 11.8 Å². The molecular formula is C14H17FN2O2S. The van der Waals surface area contributed by atoms with Crippen LogP contribution in [0.2, 0.25) is 0 Å². The summed E-state index contributed by atoms with van der Waals surface area (Å²) in [5.41, 5.74) is 0.907. The van der Waals surface area contributed by atoms with Crippen molar-refractivity contribution in [3.63, 3.8) is 0 Å². The maximum absolute atomic E-state index is 14.2. The number of benzene rings is 1. The van der Waals surface area contributed by atoms with Crippen LogP contribution in [0, 0.1) is 5.82 Å². The second-order valence-corrected chi connectivity index (χ2v) is 5.67. The fraction of sp³-hybridized carbons (Fsp3) is 0.429. The van der Waals surface area contributed by atoms with Crippen LogP contribution in [0.5, 0.6) is 0 Å². The number of amides is 1. The van der Waals surface area contributed by atoms with E-state index < -0.39 is 17.5 Å². The molecule has 1 unspecified atom stereocenters. The lowest BCUT2D eigenvalue weighted by Gasteiger charge is -2.29. The van der Waals surface area contributed by atoms with Crippen LogP contribution in [0.3, 0.4) is 0 Å². The van der Waals surface area contributed by atoms with E-state index in [9.17, 15) is 14.0 Å². The topological polar surface area (TPSA) is 49.4 Å². The van der Waals surface area contributed by atoms with E-state index in [1.807, 2.05) is 25.1 Å². The van der Waals surface area contributed by atoms with Gasteiger partial charge >= 0.3 is 0 Å². The third-order valence-electron chi connectivity index (χ3n) is 3.54. The molecule has 1 aliphatic heterocycles. The molecular weight excluding hydrogens is 279 g/mol. The first-order valence-corrected chi connectivity index (χ1v) is 7.80. The first-order chi connectivity index (χ1) is 9.49. The fourth-order valence-electron chi connectivity index (χ4n) is 2.32. The predicted octanol–water partition coefficient (Wildman–Crippen LogP) is 2.54. The van der Waals surface area contributed by atoms with Crippen LogP contribution in [0.4, 0.5) is 15.8 Å². The minimum atomic E-state index is -0.699. The molecule has 4 nitrogen and oxygen atoms in total. The predicted molar refractivity (Wildman–Crippen MR) is 80.2 cm³/mol. The molecule has 0 bridgehead atoms. The van der Waals surface area contributed by atoms with E-state index in [0.717, 1.165) is 18.2 Å². The summed E-state index contributed by atoms with van der Waals surface area (Å²) in [6, 6.07) is 2.88. The SMILES string of the molecule is CCC(CSC)N(C)c1cc2c(cc1F)C(=O)C(=O)N2. The Kier molecular flexibility index (Phi) is 4.32. The van der Waals surface area contributed by atoms with Crippen molar-refractivity contribution in [1.82, 2.24) is 0 Å². The molecule has 1 aromatic rings. The summed E-state index contributed by atoms with van der Waals surface area (Å²) in [5.74, 6) is -0.968. The van der Waals surface area contributed by atoms with Crippen molar-refractivity contribution in [2.45, 2.75) is 19.4 Å². The van der Waals surface area contributed by atoms with Gasteiger partial charge in [-0.25, -0.2) is 4.39 Å². The molecule has 1 N–H and O–H groups in total. The number of nitrogens with zero attached hydrogens (tertiary/aromatic N) is 1. The standard InChI is InChI=1S/C14H17FN2O2S/c1-4-8(7-20-3)17(2)12-6-11-9(5-10(12)15)13(18)14(19)16-11/h5-6,8H,4,7H2,1-3H3,(H,16,18,19). The Hall–Kier alpha value is -1.56. The van der Waals surface area contributed by atoms with Crippen LogP contribution in [-0.2, 0) is 4.79 Å². The molecule has 0 saturated carbocycles. The largest absolute Gasteiger partial charge is 0.368 e. The number of fused-ring (bicyclic) bond motifs is 1. The molecule has 1 atom stereocenters. The van der Waals surface area contributed by atoms with Crippen LogP contribution in [0.25, 0.3) is 0 Å². The Morgan fingerprint density at radius 2 is 2.10 bits per heavy atom. The number of ketones is 1. The van der Waals surface area contributed by atoms with Gasteiger partial charge in [-0.15, -0.1) is 0 Å². The Bertz CT molecular complexity index is 562. The van der Waals surface area contributed by atoms with E-state index in [0.29, 0.717) is 11.4 Å². The summed E-state index contributed by atoms with van der Waals surface area (Å²) in [5, 5.41) is 2.47. The normalized spacial score (nSPS) is 15.0. The monoisotopic (exact) mass is 296 g/mol. The number of Topliss-reactive ketones (excluding diaryl/α,β-unsaturated/α-hetero) is 1. The van der Waals surface area contributed by atoms with Crippen molar-refractivity contribution in [2.75, 3.05) is 29.3 Å². The summed E-state index contributed by atoms with van der Waals surface area (Å²) >= 11 is 1.70. The number of carbonyl (C=O) groups is 2. The number of nitrogens with one attached hydrogen (secondary N) is 1. The van der Waals surface area contributed by atoms with E-state index in [1.165, 1.54) is 6.07 Å². The molecule has 20 heavy (non-hydrogen) atoms. The summed E-state index contributed by atoms with van der Waals surface area (Å²) < 4.78 is 14.2. The van der Waals surface area contributed by atoms with Crippen LogP contribution in [0.1, 0.15) is 23.7 Å². The highest BCUT2D eigenvalue weighted by molar-refractivity contribution is 7.98. The van der Waals surface area contributed by atoms with E-state index in [1.54, 1.807) is 11.8 Å². The van der Waals surface area contributed by atoms with Crippen LogP contribution in [-0.4, -0.2) is 36.8 Å². The van der Waals surface area contributed by atoms with Gasteiger partial charge in [0.25, 0.3) is 11.7 Å². The zero-order chi connectivity index (χ0) is 14.9. The smallest absolute Gasteiger partial charge is 0.296 e. The zero-order valence-electron chi connectivity index (χ0n) is 11.7. The maximum atomic E-state index is 14.2. The number of anilines is 2. The highest BCUT2D eigenvalue weighted by atomic mass is 32.2. The second kappa shape index (κ2) is 5.83. The van der Waals surface area contributed by atoms with Gasteiger partial charge in [-0.2, -0.15) is 11.8 Å². The molecule has 0 aromatic heterocycles. The highest BCUT2D eigenvalue weighted by Gasteiger charge is 2.30. The van der Waals surface area contributed by atoms with Gasteiger partial charge < -0.3 is 10.2 Å². The molecule has 108 valence electrons. The number of rotatable bonds is 5. The Balaban J connectivity index is 2.37. The fourth-order valence-corrected chi connectivity index (χ4v) is 3.16. The van der Waals surface area contributed by atoms with E-state index in [-0.39, 0.29) is 11.6 Å². The molecule has 1 heterocycles. The second-order valence-electron chi connectivity index (χ2n) is 4.76. The minimum absolute atomic E-state index is 0.113. The summed E-state index contributed by atoms with van der Waals surface area (Å²) in [6.07, 6.45) is 2.90. The van der Waals surface area contributed by atoms with Gasteiger partial charge in [0.1, 0.15) is 5.82 Å². The summed E-state index contributed by atoms with van der Waals surface area (Å²) in [7, 11) is 1.83. The van der Waals surface area contributed by atoms with Gasteiger partial charge in [0.15, 0.2) is 0 Å². The van der Waals surface area contributed by atoms with Gasteiger partial charge in [-0.05, 0) is 24.8 Å². The molecule has 0 saturated heterocycles.